The lowest BCUT2D eigenvalue weighted by Gasteiger charge is -2.34. The van der Waals surface area contributed by atoms with Crippen LogP contribution in [0.3, 0.4) is 0 Å². The van der Waals surface area contributed by atoms with Gasteiger partial charge in [-0.05, 0) is 37.5 Å². The maximum atomic E-state index is 13.2. The Morgan fingerprint density at radius 2 is 2.26 bits per heavy atom. The van der Waals surface area contributed by atoms with Crippen LogP contribution in [0.15, 0.2) is 29.4 Å². The Kier molecular flexibility index (Phi) is 3.99. The Balaban J connectivity index is 2.25. The normalized spacial score (nSPS) is 20.4. The Morgan fingerprint density at radius 3 is 2.95 bits per heavy atom. The maximum Gasteiger partial charge on any atom is 0.254 e. The third kappa shape index (κ3) is 2.83. The summed E-state index contributed by atoms with van der Waals surface area (Å²) in [6, 6.07) is 5.11. The fourth-order valence-corrected chi connectivity index (χ4v) is 2.34. The first-order valence-electron chi connectivity index (χ1n) is 6.17. The highest BCUT2D eigenvalue weighted by Crippen LogP contribution is 2.20. The SMILES string of the molecule is NC(=NO)C1CCCCN1C(=O)c1cccc(F)c1. The van der Waals surface area contributed by atoms with Gasteiger partial charge in [-0.15, -0.1) is 0 Å². The summed E-state index contributed by atoms with van der Waals surface area (Å²) in [5.74, 6) is -0.733. The molecule has 1 aromatic carbocycles. The third-order valence-electron chi connectivity index (χ3n) is 3.29. The quantitative estimate of drug-likeness (QED) is 0.368. The molecule has 5 nitrogen and oxygen atoms in total. The summed E-state index contributed by atoms with van der Waals surface area (Å²) in [6.07, 6.45) is 2.42. The summed E-state index contributed by atoms with van der Waals surface area (Å²) in [5, 5.41) is 11.7. The highest BCUT2D eigenvalue weighted by Gasteiger charge is 2.30. The number of amidine groups is 1. The minimum atomic E-state index is -0.455. The lowest BCUT2D eigenvalue weighted by atomic mass is 10.00. The second kappa shape index (κ2) is 5.69. The van der Waals surface area contributed by atoms with Crippen molar-refractivity contribution in [2.75, 3.05) is 6.54 Å². The number of amides is 1. The second-order valence-electron chi connectivity index (χ2n) is 4.55. The maximum absolute atomic E-state index is 13.2. The van der Waals surface area contributed by atoms with E-state index in [9.17, 15) is 9.18 Å². The molecule has 0 saturated carbocycles. The number of oxime groups is 1. The van der Waals surface area contributed by atoms with Crippen LogP contribution < -0.4 is 5.73 Å². The Bertz CT molecular complexity index is 504. The van der Waals surface area contributed by atoms with Gasteiger partial charge in [0, 0.05) is 12.1 Å². The first-order valence-corrected chi connectivity index (χ1v) is 6.17. The van der Waals surface area contributed by atoms with E-state index in [-0.39, 0.29) is 17.3 Å². The lowest BCUT2D eigenvalue weighted by molar-refractivity contribution is 0.0676. The Morgan fingerprint density at radius 1 is 1.47 bits per heavy atom. The van der Waals surface area contributed by atoms with E-state index in [2.05, 4.69) is 5.16 Å². The molecule has 0 aliphatic carbocycles. The van der Waals surface area contributed by atoms with Gasteiger partial charge < -0.3 is 15.8 Å². The van der Waals surface area contributed by atoms with Gasteiger partial charge in [0.05, 0.1) is 6.04 Å². The van der Waals surface area contributed by atoms with Crippen molar-refractivity contribution in [1.29, 1.82) is 0 Å². The van der Waals surface area contributed by atoms with Crippen LogP contribution in [-0.4, -0.2) is 34.4 Å². The van der Waals surface area contributed by atoms with Crippen molar-refractivity contribution in [2.45, 2.75) is 25.3 Å². The average Bonchev–Trinajstić information content (AvgIpc) is 2.45. The number of carbonyl (C=O) groups is 1. The number of piperidine rings is 1. The number of hydrogen-bond acceptors (Lipinski definition) is 3. The number of nitrogens with zero attached hydrogens (tertiary/aromatic N) is 2. The molecule has 0 aromatic heterocycles. The first-order chi connectivity index (χ1) is 9.13. The largest absolute Gasteiger partial charge is 0.409 e. The van der Waals surface area contributed by atoms with E-state index in [1.165, 1.54) is 23.1 Å². The number of hydrogen-bond donors (Lipinski definition) is 2. The van der Waals surface area contributed by atoms with Crippen molar-refractivity contribution in [3.05, 3.63) is 35.6 Å². The molecule has 1 atom stereocenters. The van der Waals surface area contributed by atoms with E-state index in [1.54, 1.807) is 6.07 Å². The predicted molar refractivity (Wildman–Crippen MR) is 68.5 cm³/mol. The zero-order valence-corrected chi connectivity index (χ0v) is 10.4. The molecule has 0 spiro atoms. The number of carbonyl (C=O) groups excluding carboxylic acids is 1. The highest BCUT2D eigenvalue weighted by molar-refractivity contribution is 5.98. The molecule has 2 rings (SSSR count). The molecule has 1 aromatic rings. The van der Waals surface area contributed by atoms with Gasteiger partial charge in [0.1, 0.15) is 5.82 Å². The van der Waals surface area contributed by atoms with Crippen LogP contribution in [0.1, 0.15) is 29.6 Å². The molecule has 1 aliphatic rings. The molecule has 0 radical (unpaired) electrons. The molecule has 6 heteroatoms. The summed E-state index contributed by atoms with van der Waals surface area (Å²) < 4.78 is 13.2. The van der Waals surface area contributed by atoms with E-state index in [1.807, 2.05) is 0 Å². The van der Waals surface area contributed by atoms with E-state index in [4.69, 9.17) is 10.9 Å². The standard InChI is InChI=1S/C13H16FN3O2/c14-10-5-3-4-9(8-10)13(18)17-7-2-1-6-11(17)12(15)16-19/h3-5,8,11,19H,1-2,6-7H2,(H2,15,16). The van der Waals surface area contributed by atoms with Gasteiger partial charge in [0.25, 0.3) is 5.91 Å². The second-order valence-corrected chi connectivity index (χ2v) is 4.55. The summed E-state index contributed by atoms with van der Waals surface area (Å²) in [7, 11) is 0. The monoisotopic (exact) mass is 265 g/mol. The molecule has 1 fully saturated rings. The molecular weight excluding hydrogens is 249 g/mol. The molecule has 1 aliphatic heterocycles. The molecule has 0 bridgehead atoms. The lowest BCUT2D eigenvalue weighted by Crippen LogP contribution is -2.50. The smallest absolute Gasteiger partial charge is 0.254 e. The molecule has 19 heavy (non-hydrogen) atoms. The van der Waals surface area contributed by atoms with Gasteiger partial charge in [0.2, 0.25) is 0 Å². The zero-order valence-electron chi connectivity index (χ0n) is 10.4. The van der Waals surface area contributed by atoms with Crippen LogP contribution in [0.2, 0.25) is 0 Å². The van der Waals surface area contributed by atoms with Crippen molar-refractivity contribution in [3.8, 4) is 0 Å². The van der Waals surface area contributed by atoms with Gasteiger partial charge in [0.15, 0.2) is 5.84 Å². The predicted octanol–water partition coefficient (Wildman–Crippen LogP) is 1.57. The van der Waals surface area contributed by atoms with E-state index in [0.29, 0.717) is 13.0 Å². The van der Waals surface area contributed by atoms with Gasteiger partial charge >= 0.3 is 0 Å². The van der Waals surface area contributed by atoms with Crippen molar-refractivity contribution in [1.82, 2.24) is 4.90 Å². The molecule has 1 unspecified atom stereocenters. The van der Waals surface area contributed by atoms with Crippen LogP contribution in [0.4, 0.5) is 4.39 Å². The zero-order chi connectivity index (χ0) is 13.8. The van der Waals surface area contributed by atoms with Crippen LogP contribution in [0, 0.1) is 5.82 Å². The number of likely N-dealkylation sites (tertiary alicyclic amines) is 1. The van der Waals surface area contributed by atoms with E-state index >= 15 is 0 Å². The third-order valence-corrected chi connectivity index (χ3v) is 3.29. The van der Waals surface area contributed by atoms with Crippen LogP contribution in [0.25, 0.3) is 0 Å². The highest BCUT2D eigenvalue weighted by atomic mass is 19.1. The van der Waals surface area contributed by atoms with E-state index in [0.717, 1.165) is 12.8 Å². The van der Waals surface area contributed by atoms with Gasteiger partial charge in [-0.2, -0.15) is 0 Å². The topological polar surface area (TPSA) is 78.9 Å². The van der Waals surface area contributed by atoms with Crippen molar-refractivity contribution >= 4 is 11.7 Å². The van der Waals surface area contributed by atoms with Crippen molar-refractivity contribution in [2.24, 2.45) is 10.9 Å². The van der Waals surface area contributed by atoms with Gasteiger partial charge in [-0.3, -0.25) is 4.79 Å². The molecule has 3 N–H and O–H groups in total. The molecule has 1 heterocycles. The number of benzene rings is 1. The van der Waals surface area contributed by atoms with Crippen LogP contribution in [0.5, 0.6) is 0 Å². The Labute approximate surface area is 110 Å². The number of nitrogens with two attached hydrogens (primary N) is 1. The molecule has 102 valence electrons. The van der Waals surface area contributed by atoms with Crippen LogP contribution >= 0.6 is 0 Å². The number of rotatable bonds is 2. The van der Waals surface area contributed by atoms with Crippen molar-refractivity contribution in [3.63, 3.8) is 0 Å². The summed E-state index contributed by atoms with van der Waals surface area (Å²) in [5.41, 5.74) is 5.89. The molecule has 1 amide bonds. The molecule has 1 saturated heterocycles. The van der Waals surface area contributed by atoms with Gasteiger partial charge in [-0.25, -0.2) is 4.39 Å². The van der Waals surface area contributed by atoms with Crippen LogP contribution in [-0.2, 0) is 0 Å². The minimum Gasteiger partial charge on any atom is -0.409 e. The fraction of sp³-hybridized carbons (Fsp3) is 0.385. The van der Waals surface area contributed by atoms with Crippen molar-refractivity contribution < 1.29 is 14.4 Å². The first kappa shape index (κ1) is 13.3. The summed E-state index contributed by atoms with van der Waals surface area (Å²) >= 11 is 0. The fourth-order valence-electron chi connectivity index (χ4n) is 2.34. The summed E-state index contributed by atoms with van der Waals surface area (Å²) in [6.45, 7) is 0.524. The average molecular weight is 265 g/mol. The Hall–Kier alpha value is -2.11. The van der Waals surface area contributed by atoms with Gasteiger partial charge in [-0.1, -0.05) is 11.2 Å². The minimum absolute atomic E-state index is 0.0180. The van der Waals surface area contributed by atoms with E-state index < -0.39 is 11.9 Å². The number of halogens is 1. The summed E-state index contributed by atoms with van der Waals surface area (Å²) in [4.78, 5) is 13.9. The molecular formula is C13H16FN3O2.